The molecule has 2 N–H and O–H groups in total. The zero-order chi connectivity index (χ0) is 9.68. The van der Waals surface area contributed by atoms with Gasteiger partial charge in [0.2, 0.25) is 0 Å². The second-order valence-electron chi connectivity index (χ2n) is 2.87. The minimum atomic E-state index is 0.589. The van der Waals surface area contributed by atoms with Gasteiger partial charge in [-0.05, 0) is 13.3 Å². The monoisotopic (exact) mass is 178 g/mol. The molecule has 0 aliphatic rings. The van der Waals surface area contributed by atoms with Crippen LogP contribution < -0.4 is 5.73 Å². The van der Waals surface area contributed by atoms with Crippen molar-refractivity contribution < 1.29 is 0 Å². The minimum Gasteiger partial charge on any atom is -0.387 e. The Morgan fingerprint density at radius 2 is 2.31 bits per heavy atom. The van der Waals surface area contributed by atoms with Crippen LogP contribution >= 0.6 is 0 Å². The average Bonchev–Trinajstić information content (AvgIpc) is 2.04. The summed E-state index contributed by atoms with van der Waals surface area (Å²) in [5, 5.41) is 0. The molecule has 0 unspecified atom stereocenters. The van der Waals surface area contributed by atoms with E-state index in [0.717, 1.165) is 18.5 Å². The molecule has 0 atom stereocenters. The Hall–Kier alpha value is -1.45. The van der Waals surface area contributed by atoms with Gasteiger partial charge in [0.15, 0.2) is 5.82 Å². The molecule has 4 nitrogen and oxygen atoms in total. The van der Waals surface area contributed by atoms with Crippen LogP contribution in [0.4, 0.5) is 5.82 Å². The number of rotatable bonds is 3. The van der Waals surface area contributed by atoms with E-state index in [-0.39, 0.29) is 0 Å². The Balaban J connectivity index is 2.78. The number of nitrogens with zero attached hydrogens (tertiary/aromatic N) is 3. The van der Waals surface area contributed by atoms with Gasteiger partial charge in [-0.2, -0.15) is 0 Å². The van der Waals surface area contributed by atoms with E-state index in [2.05, 4.69) is 21.9 Å². The van der Waals surface area contributed by atoms with Gasteiger partial charge in [0, 0.05) is 12.6 Å². The van der Waals surface area contributed by atoms with Crippen molar-refractivity contribution in [1.29, 1.82) is 0 Å². The maximum Gasteiger partial charge on any atom is 0.172 e. The second-order valence-corrected chi connectivity index (χ2v) is 2.87. The van der Waals surface area contributed by atoms with Crippen molar-refractivity contribution in [3.63, 3.8) is 0 Å². The van der Waals surface area contributed by atoms with E-state index in [0.29, 0.717) is 11.7 Å². The quantitative estimate of drug-likeness (QED) is 0.564. The zero-order valence-corrected chi connectivity index (χ0v) is 7.99. The summed E-state index contributed by atoms with van der Waals surface area (Å²) < 4.78 is 0. The van der Waals surface area contributed by atoms with Crippen molar-refractivity contribution >= 4 is 11.7 Å². The summed E-state index contributed by atoms with van der Waals surface area (Å²) in [5.41, 5.74) is 6.50. The summed E-state index contributed by atoms with van der Waals surface area (Å²) in [5.74, 6) is 1.20. The zero-order valence-electron chi connectivity index (χ0n) is 7.99. The summed E-state index contributed by atoms with van der Waals surface area (Å²) >= 11 is 0. The van der Waals surface area contributed by atoms with Crippen LogP contribution in [0.1, 0.15) is 25.5 Å². The van der Waals surface area contributed by atoms with E-state index in [4.69, 9.17) is 5.73 Å². The van der Waals surface area contributed by atoms with Crippen LogP contribution in [0.15, 0.2) is 17.4 Å². The van der Waals surface area contributed by atoms with Gasteiger partial charge in [0.05, 0.1) is 11.9 Å². The largest absolute Gasteiger partial charge is 0.387 e. The van der Waals surface area contributed by atoms with E-state index in [1.165, 1.54) is 0 Å². The molecule has 0 spiro atoms. The Morgan fingerprint density at radius 1 is 1.54 bits per heavy atom. The van der Waals surface area contributed by atoms with Crippen molar-refractivity contribution in [2.24, 2.45) is 10.7 Å². The number of aromatic nitrogens is 2. The van der Waals surface area contributed by atoms with Crippen molar-refractivity contribution in [2.45, 2.75) is 26.7 Å². The summed E-state index contributed by atoms with van der Waals surface area (Å²) in [4.78, 5) is 12.3. The van der Waals surface area contributed by atoms with Crippen molar-refractivity contribution in [3.8, 4) is 0 Å². The first-order valence-corrected chi connectivity index (χ1v) is 4.34. The number of hydrogen-bond acceptors (Lipinski definition) is 3. The highest BCUT2D eigenvalue weighted by Crippen LogP contribution is 2.06. The van der Waals surface area contributed by atoms with Crippen molar-refractivity contribution in [3.05, 3.63) is 18.1 Å². The van der Waals surface area contributed by atoms with Gasteiger partial charge in [-0.3, -0.25) is 4.98 Å². The van der Waals surface area contributed by atoms with Crippen LogP contribution in [0.5, 0.6) is 0 Å². The van der Waals surface area contributed by atoms with Crippen LogP contribution in [0.25, 0.3) is 0 Å². The summed E-state index contributed by atoms with van der Waals surface area (Å²) in [6.45, 7) is 3.94. The summed E-state index contributed by atoms with van der Waals surface area (Å²) in [7, 11) is 0. The molecule has 70 valence electrons. The van der Waals surface area contributed by atoms with Crippen molar-refractivity contribution in [2.75, 3.05) is 0 Å². The number of aliphatic imine (C=N–C) groups is 1. The normalized spacial score (nSPS) is 11.7. The molecule has 4 heteroatoms. The molecule has 0 aliphatic heterocycles. The van der Waals surface area contributed by atoms with Gasteiger partial charge in [-0.1, -0.05) is 6.92 Å². The topological polar surface area (TPSA) is 64.2 Å². The van der Waals surface area contributed by atoms with E-state index < -0.39 is 0 Å². The van der Waals surface area contributed by atoms with Crippen LogP contribution in [0.3, 0.4) is 0 Å². The fourth-order valence-corrected chi connectivity index (χ4v) is 0.963. The number of amidine groups is 1. The molecule has 0 amide bonds. The third-order valence-electron chi connectivity index (χ3n) is 1.51. The maximum absolute atomic E-state index is 5.65. The lowest BCUT2D eigenvalue weighted by molar-refractivity contribution is 0.979. The minimum absolute atomic E-state index is 0.589. The van der Waals surface area contributed by atoms with Crippen molar-refractivity contribution in [1.82, 2.24) is 9.97 Å². The Bertz CT molecular complexity index is 306. The van der Waals surface area contributed by atoms with E-state index in [9.17, 15) is 0 Å². The van der Waals surface area contributed by atoms with Crippen LogP contribution in [0, 0.1) is 6.92 Å². The molecule has 0 aromatic carbocycles. The van der Waals surface area contributed by atoms with E-state index in [1.807, 2.05) is 6.92 Å². The summed E-state index contributed by atoms with van der Waals surface area (Å²) in [6.07, 6.45) is 5.09. The number of aryl methyl sites for hydroxylation is 1. The predicted octanol–water partition coefficient (Wildman–Crippen LogP) is 1.57. The molecule has 1 heterocycles. The van der Waals surface area contributed by atoms with Gasteiger partial charge < -0.3 is 5.73 Å². The number of hydrogen-bond donors (Lipinski definition) is 1. The molecule has 0 saturated carbocycles. The first-order chi connectivity index (χ1) is 6.22. The highest BCUT2D eigenvalue weighted by atomic mass is 15.0. The van der Waals surface area contributed by atoms with Crippen LogP contribution in [-0.2, 0) is 0 Å². The molecule has 0 fully saturated rings. The highest BCUT2D eigenvalue weighted by molar-refractivity contribution is 5.82. The number of nitrogens with two attached hydrogens (primary N) is 1. The second kappa shape index (κ2) is 4.54. The lowest BCUT2D eigenvalue weighted by atomic mass is 10.3. The molecule has 0 radical (unpaired) electrons. The first kappa shape index (κ1) is 9.64. The van der Waals surface area contributed by atoms with Gasteiger partial charge in [0.25, 0.3) is 0 Å². The van der Waals surface area contributed by atoms with Gasteiger partial charge in [-0.25, -0.2) is 9.98 Å². The Morgan fingerprint density at radius 3 is 2.92 bits per heavy atom. The Labute approximate surface area is 77.9 Å². The molecule has 1 rings (SSSR count). The van der Waals surface area contributed by atoms with Gasteiger partial charge >= 0.3 is 0 Å². The first-order valence-electron chi connectivity index (χ1n) is 4.34. The van der Waals surface area contributed by atoms with E-state index in [1.54, 1.807) is 12.4 Å². The van der Waals surface area contributed by atoms with E-state index >= 15 is 0 Å². The fraction of sp³-hybridized carbons (Fsp3) is 0.444. The van der Waals surface area contributed by atoms with Gasteiger partial charge in [-0.15, -0.1) is 0 Å². The molecule has 0 saturated heterocycles. The molecule has 0 aliphatic carbocycles. The standard InChI is InChI=1S/C9H14N4/c1-3-4-8(10)13-9-6-11-5-7(2)12-9/h5-6H,3-4H2,1-2H3,(H2,10,12,13). The summed E-state index contributed by atoms with van der Waals surface area (Å²) in [6, 6.07) is 0. The molecular formula is C9H14N4. The molecule has 1 aromatic heterocycles. The molecular weight excluding hydrogens is 164 g/mol. The smallest absolute Gasteiger partial charge is 0.172 e. The Kier molecular flexibility index (Phi) is 3.37. The maximum atomic E-state index is 5.65. The average molecular weight is 178 g/mol. The van der Waals surface area contributed by atoms with Crippen LogP contribution in [0.2, 0.25) is 0 Å². The third kappa shape index (κ3) is 3.19. The molecule has 13 heavy (non-hydrogen) atoms. The van der Waals surface area contributed by atoms with Gasteiger partial charge in [0.1, 0.15) is 5.84 Å². The highest BCUT2D eigenvalue weighted by Gasteiger charge is 1.94. The lowest BCUT2D eigenvalue weighted by Gasteiger charge is -1.97. The molecule has 1 aromatic rings. The van der Waals surface area contributed by atoms with Crippen LogP contribution in [-0.4, -0.2) is 15.8 Å². The fourth-order valence-electron chi connectivity index (χ4n) is 0.963. The lowest BCUT2D eigenvalue weighted by Crippen LogP contribution is -2.10. The molecule has 0 bridgehead atoms. The predicted molar refractivity (Wildman–Crippen MR) is 53.0 cm³/mol. The third-order valence-corrected chi connectivity index (χ3v) is 1.51. The SMILES string of the molecule is CCCC(N)=Nc1cncc(C)n1.